The molecule has 3 rings (SSSR count). The second-order valence-corrected chi connectivity index (χ2v) is 13.2. The van der Waals surface area contributed by atoms with E-state index in [1.165, 1.54) is 6.20 Å². The molecule has 1 aliphatic rings. The zero-order valence-electron chi connectivity index (χ0n) is 31.2. The van der Waals surface area contributed by atoms with E-state index >= 15 is 0 Å². The standard InChI is InChI=1S/C36H50N12O8/c1-21(2)30-35(56)46-24(12-8-16-40-36(37)38)32(53)42-20-28(49)44-26(17-29(50)51)34(55)45-25(33(54)47-30)11-6-7-15-39-31(52)23-13-14-27(41-19-23)48-43-18-22-9-4-3-5-10-22/h3-5,9-10,13-14,18-19,21,24-26,30H,6-8,11-12,15-17,20H2,1-2H3,(H,39,52)(H,41,48)(H,42,53)(H,44,49)(H,45,55)(H,46,56)(H,47,54)(H,50,51)(H4,37,38,40)/b43-18+/t24-,25-,26-,30+/m0/s1. The van der Waals surface area contributed by atoms with Crippen molar-refractivity contribution in [3.8, 4) is 0 Å². The molecule has 2 aromatic rings. The Hall–Kier alpha value is -6.60. The predicted molar refractivity (Wildman–Crippen MR) is 205 cm³/mol. The van der Waals surface area contributed by atoms with Crippen molar-refractivity contribution in [3.05, 3.63) is 59.8 Å². The number of pyridine rings is 1. The first-order chi connectivity index (χ1) is 26.7. The first-order valence-electron chi connectivity index (χ1n) is 18.1. The minimum absolute atomic E-state index is 0.0187. The van der Waals surface area contributed by atoms with E-state index in [2.05, 4.69) is 52.7 Å². The summed E-state index contributed by atoms with van der Waals surface area (Å²) in [6, 6.07) is 7.44. The number of nitrogens with zero attached hydrogens (tertiary/aromatic N) is 2. The van der Waals surface area contributed by atoms with Gasteiger partial charge in [-0.15, -0.1) is 0 Å². The van der Waals surface area contributed by atoms with Crippen LogP contribution in [0.4, 0.5) is 5.82 Å². The lowest BCUT2D eigenvalue weighted by molar-refractivity contribution is -0.141. The molecule has 20 nitrogen and oxygen atoms in total. The van der Waals surface area contributed by atoms with Crippen LogP contribution in [-0.2, 0) is 28.8 Å². The summed E-state index contributed by atoms with van der Waals surface area (Å²) in [5.41, 5.74) is 9.30. The summed E-state index contributed by atoms with van der Waals surface area (Å²) in [5.74, 6) is -6.16. The SMILES string of the molecule is CC(C)[C@H]1NC(=O)[C@H](CCCCNC(=O)c2ccc(N/N=C/c3ccccc3)nc2)NC(=O)[C@H](CC(=O)O)NC(=O)CNC(=O)[C@H](CCCNC(=N)N)NC1=O. The van der Waals surface area contributed by atoms with Crippen LogP contribution in [0, 0.1) is 11.3 Å². The van der Waals surface area contributed by atoms with E-state index in [0.29, 0.717) is 24.2 Å². The molecule has 56 heavy (non-hydrogen) atoms. The molecule has 6 amide bonds. The summed E-state index contributed by atoms with van der Waals surface area (Å²) in [5, 5.41) is 38.7. The smallest absolute Gasteiger partial charge is 0.305 e. The Kier molecular flexibility index (Phi) is 17.7. The number of carbonyl (C=O) groups excluding carboxylic acids is 6. The quantitative estimate of drug-likeness (QED) is 0.0419. The van der Waals surface area contributed by atoms with Crippen LogP contribution >= 0.6 is 0 Å². The molecule has 12 N–H and O–H groups in total. The maximum absolute atomic E-state index is 13.7. The summed E-state index contributed by atoms with van der Waals surface area (Å²) < 4.78 is 0. The number of nitrogens with two attached hydrogens (primary N) is 1. The van der Waals surface area contributed by atoms with E-state index in [-0.39, 0.29) is 38.3 Å². The minimum Gasteiger partial charge on any atom is -0.481 e. The molecule has 1 aromatic heterocycles. The highest BCUT2D eigenvalue weighted by Gasteiger charge is 2.34. The lowest BCUT2D eigenvalue weighted by atomic mass is 10.0. The number of anilines is 1. The lowest BCUT2D eigenvalue weighted by Crippen LogP contribution is -2.59. The second-order valence-electron chi connectivity index (χ2n) is 13.2. The normalized spacial score (nSPS) is 19.7. The summed E-state index contributed by atoms with van der Waals surface area (Å²) in [4.78, 5) is 94.9. The molecule has 302 valence electrons. The number of carbonyl (C=O) groups is 7. The minimum atomic E-state index is -1.60. The Morgan fingerprint density at radius 2 is 1.54 bits per heavy atom. The van der Waals surface area contributed by atoms with Gasteiger partial charge in [-0.25, -0.2) is 4.98 Å². The van der Waals surface area contributed by atoms with Gasteiger partial charge in [0.05, 0.1) is 24.7 Å². The number of aliphatic carboxylic acids is 1. The Bertz CT molecular complexity index is 1720. The Morgan fingerprint density at radius 3 is 2.20 bits per heavy atom. The van der Waals surface area contributed by atoms with Crippen molar-refractivity contribution < 1.29 is 38.7 Å². The van der Waals surface area contributed by atoms with Crippen molar-refractivity contribution in [2.24, 2.45) is 16.8 Å². The third-order valence-corrected chi connectivity index (χ3v) is 8.37. The van der Waals surface area contributed by atoms with Gasteiger partial charge in [0.25, 0.3) is 5.91 Å². The van der Waals surface area contributed by atoms with Crippen LogP contribution in [0.1, 0.15) is 68.3 Å². The third kappa shape index (κ3) is 15.4. The highest BCUT2D eigenvalue weighted by atomic mass is 16.4. The van der Waals surface area contributed by atoms with Crippen molar-refractivity contribution in [1.29, 1.82) is 5.41 Å². The molecule has 2 heterocycles. The highest BCUT2D eigenvalue weighted by molar-refractivity contribution is 5.98. The molecule has 1 aromatic carbocycles. The molecule has 20 heteroatoms. The fourth-order valence-electron chi connectivity index (χ4n) is 5.39. The molecule has 0 saturated carbocycles. The average molecular weight is 779 g/mol. The first-order valence-corrected chi connectivity index (χ1v) is 18.1. The van der Waals surface area contributed by atoms with Gasteiger partial charge in [-0.3, -0.25) is 44.4 Å². The van der Waals surface area contributed by atoms with Crippen LogP contribution in [0.3, 0.4) is 0 Å². The number of carboxylic acids is 1. The van der Waals surface area contributed by atoms with Gasteiger partial charge in [0.15, 0.2) is 5.96 Å². The summed E-state index contributed by atoms with van der Waals surface area (Å²) in [7, 11) is 0. The molecule has 1 saturated heterocycles. The van der Waals surface area contributed by atoms with Gasteiger partial charge < -0.3 is 48.1 Å². The number of hydrogen-bond donors (Lipinski definition) is 11. The number of nitrogens with one attached hydrogen (secondary N) is 9. The number of carboxylic acid groups (broad SMARTS) is 1. The monoisotopic (exact) mass is 778 g/mol. The predicted octanol–water partition coefficient (Wildman–Crippen LogP) is -1.11. The number of hydrogen-bond acceptors (Lipinski definition) is 11. The Labute approximate surface area is 323 Å². The van der Waals surface area contributed by atoms with Crippen molar-refractivity contribution >= 4 is 59.4 Å². The van der Waals surface area contributed by atoms with Gasteiger partial charge in [-0.05, 0) is 55.7 Å². The van der Waals surface area contributed by atoms with Crippen LogP contribution < -0.4 is 48.4 Å². The number of hydrazone groups is 1. The van der Waals surface area contributed by atoms with Crippen molar-refractivity contribution in [2.45, 2.75) is 76.5 Å². The van der Waals surface area contributed by atoms with E-state index in [1.807, 2.05) is 30.3 Å². The maximum atomic E-state index is 13.7. The van der Waals surface area contributed by atoms with Crippen LogP contribution in [0.25, 0.3) is 0 Å². The van der Waals surface area contributed by atoms with Gasteiger partial charge in [-0.2, -0.15) is 5.10 Å². The van der Waals surface area contributed by atoms with Gasteiger partial charge in [0.2, 0.25) is 29.5 Å². The van der Waals surface area contributed by atoms with Crippen molar-refractivity contribution in [3.63, 3.8) is 0 Å². The number of rotatable bonds is 16. The van der Waals surface area contributed by atoms with Gasteiger partial charge in [-0.1, -0.05) is 44.2 Å². The summed E-state index contributed by atoms with van der Waals surface area (Å²) >= 11 is 0. The van der Waals surface area contributed by atoms with Crippen LogP contribution in [0.5, 0.6) is 0 Å². The molecule has 0 aliphatic carbocycles. The van der Waals surface area contributed by atoms with Gasteiger partial charge >= 0.3 is 5.97 Å². The van der Waals surface area contributed by atoms with E-state index < -0.39 is 84.5 Å². The van der Waals surface area contributed by atoms with Gasteiger partial charge in [0.1, 0.15) is 30.0 Å². The number of guanidine groups is 1. The van der Waals surface area contributed by atoms with E-state index in [0.717, 1.165) is 5.56 Å². The number of unbranched alkanes of at least 4 members (excludes halogenated alkanes) is 1. The van der Waals surface area contributed by atoms with E-state index in [9.17, 15) is 38.7 Å². The molecule has 0 unspecified atom stereocenters. The molecule has 0 bridgehead atoms. The van der Waals surface area contributed by atoms with Crippen molar-refractivity contribution in [1.82, 2.24) is 42.2 Å². The second kappa shape index (κ2) is 22.6. The maximum Gasteiger partial charge on any atom is 0.305 e. The molecule has 1 fully saturated rings. The van der Waals surface area contributed by atoms with E-state index in [4.69, 9.17) is 11.1 Å². The zero-order valence-corrected chi connectivity index (χ0v) is 31.2. The fraction of sp³-hybridized carbons (Fsp3) is 0.444. The largest absolute Gasteiger partial charge is 0.481 e. The summed E-state index contributed by atoms with van der Waals surface area (Å²) in [6.07, 6.45) is 3.24. The molecule has 0 spiro atoms. The molecular formula is C36H50N12O8. The average Bonchev–Trinajstić information content (AvgIpc) is 3.16. The molecule has 0 radical (unpaired) electrons. The first kappa shape index (κ1) is 43.8. The number of aromatic nitrogens is 1. The zero-order chi connectivity index (χ0) is 41.0. The molecular weight excluding hydrogens is 728 g/mol. The Morgan fingerprint density at radius 1 is 0.875 bits per heavy atom. The van der Waals surface area contributed by atoms with E-state index in [1.54, 1.807) is 32.2 Å². The van der Waals surface area contributed by atoms with Crippen LogP contribution in [0.2, 0.25) is 0 Å². The fourth-order valence-corrected chi connectivity index (χ4v) is 5.39. The third-order valence-electron chi connectivity index (χ3n) is 8.37. The number of benzene rings is 1. The molecule has 1 aliphatic heterocycles. The van der Waals surface area contributed by atoms with Crippen molar-refractivity contribution in [2.75, 3.05) is 25.1 Å². The van der Waals surface area contributed by atoms with Crippen LogP contribution in [0.15, 0.2) is 53.8 Å². The lowest BCUT2D eigenvalue weighted by Gasteiger charge is -2.27. The van der Waals surface area contributed by atoms with Gasteiger partial charge in [0, 0.05) is 19.3 Å². The summed E-state index contributed by atoms with van der Waals surface area (Å²) in [6.45, 7) is 3.11. The molecule has 4 atom stereocenters. The number of amides is 6. The highest BCUT2D eigenvalue weighted by Crippen LogP contribution is 2.10. The topological polar surface area (TPSA) is 311 Å². The van der Waals surface area contributed by atoms with Crippen LogP contribution in [-0.4, -0.2) is 107 Å². The Balaban J connectivity index is 1.67.